The van der Waals surface area contributed by atoms with Crippen LogP contribution in [0.4, 0.5) is 10.1 Å². The number of sulfonamides is 1. The van der Waals surface area contributed by atoms with Crippen LogP contribution in [0.25, 0.3) is 0 Å². The Bertz CT molecular complexity index is 1310. The van der Waals surface area contributed by atoms with Crippen LogP contribution in [0.15, 0.2) is 75.1 Å². The van der Waals surface area contributed by atoms with Crippen molar-refractivity contribution in [2.24, 2.45) is 0 Å². The topological polar surface area (TPSA) is 101 Å². The maximum atomic E-state index is 14.4. The lowest BCUT2D eigenvalue weighted by atomic mass is 10.1. The number of anilines is 1. The molecule has 11 heteroatoms. The van der Waals surface area contributed by atoms with Crippen molar-refractivity contribution in [2.75, 3.05) is 17.1 Å². The van der Waals surface area contributed by atoms with Gasteiger partial charge in [-0.05, 0) is 48.2 Å². The van der Waals surface area contributed by atoms with E-state index in [-0.39, 0.29) is 14.8 Å². The lowest BCUT2D eigenvalue weighted by Crippen LogP contribution is -2.41. The minimum Gasteiger partial charge on any atom is -0.348 e. The van der Waals surface area contributed by atoms with Gasteiger partial charge >= 0.3 is 0 Å². The van der Waals surface area contributed by atoms with Gasteiger partial charge in [-0.1, -0.05) is 30.3 Å². The molecule has 2 aromatic carbocycles. The number of rotatable bonds is 8. The second-order valence-electron chi connectivity index (χ2n) is 7.03. The summed E-state index contributed by atoms with van der Waals surface area (Å²) in [5.74, 6) is -1.42. The number of para-hydroxylation sites is 1. The van der Waals surface area contributed by atoms with Crippen molar-refractivity contribution in [2.45, 2.75) is 22.1 Å². The lowest BCUT2D eigenvalue weighted by Gasteiger charge is -2.24. The molecule has 1 aromatic heterocycles. The van der Waals surface area contributed by atoms with Crippen LogP contribution in [0, 0.1) is 5.82 Å². The second-order valence-corrected chi connectivity index (χ2v) is 12.1. The van der Waals surface area contributed by atoms with Gasteiger partial charge in [0, 0.05) is 6.26 Å². The number of nitrogens with one attached hydrogen (secondary N) is 1. The average Bonchev–Trinajstić information content (AvgIpc) is 3.28. The molecule has 0 aliphatic heterocycles. The van der Waals surface area contributed by atoms with E-state index < -0.39 is 44.2 Å². The van der Waals surface area contributed by atoms with Gasteiger partial charge in [0.25, 0.3) is 10.0 Å². The molecule has 0 spiro atoms. The Hall–Kier alpha value is -2.76. The van der Waals surface area contributed by atoms with Crippen molar-refractivity contribution in [3.63, 3.8) is 0 Å². The summed E-state index contributed by atoms with van der Waals surface area (Å²) >= 11 is 0.967. The highest BCUT2D eigenvalue weighted by molar-refractivity contribution is 7.94. The summed E-state index contributed by atoms with van der Waals surface area (Å²) in [6, 6.07) is 13.7. The quantitative estimate of drug-likeness (QED) is 0.515. The Balaban J connectivity index is 1.84. The fourth-order valence-corrected chi connectivity index (χ4v) is 6.14. The first-order valence-electron chi connectivity index (χ1n) is 9.40. The number of halogens is 1. The molecule has 0 aliphatic carbocycles. The van der Waals surface area contributed by atoms with Gasteiger partial charge in [-0.25, -0.2) is 21.2 Å². The highest BCUT2D eigenvalue weighted by Crippen LogP contribution is 2.28. The van der Waals surface area contributed by atoms with Crippen molar-refractivity contribution >= 4 is 42.8 Å². The number of hydrogen-bond acceptors (Lipinski definition) is 6. The number of benzene rings is 2. The van der Waals surface area contributed by atoms with Crippen LogP contribution in [-0.2, 0) is 24.7 Å². The van der Waals surface area contributed by atoms with Crippen LogP contribution in [0.3, 0.4) is 0 Å². The first kappa shape index (κ1) is 23.9. The lowest BCUT2D eigenvalue weighted by molar-refractivity contribution is -0.120. The van der Waals surface area contributed by atoms with Crippen LogP contribution in [-0.4, -0.2) is 35.5 Å². The fraction of sp³-hybridized carbons (Fsp3) is 0.190. The van der Waals surface area contributed by atoms with Gasteiger partial charge in [0.1, 0.15) is 16.6 Å². The van der Waals surface area contributed by atoms with E-state index in [0.717, 1.165) is 28.0 Å². The molecule has 1 atom stereocenters. The molecule has 0 radical (unpaired) electrons. The molecule has 0 saturated heterocycles. The van der Waals surface area contributed by atoms with Gasteiger partial charge in [-0.2, -0.15) is 0 Å². The summed E-state index contributed by atoms with van der Waals surface area (Å²) in [6.45, 7) is 1.04. The predicted octanol–water partition coefficient (Wildman–Crippen LogP) is 3.36. The van der Waals surface area contributed by atoms with Gasteiger partial charge in [0.2, 0.25) is 5.91 Å². The molecule has 0 fully saturated rings. The standard InChI is InChI=1S/C21H21FN2O5S3/c1-15(16-9-11-17(12-10-16)31(2,26)27)23-20(25)14-24(19-7-4-3-6-18(19)22)32(28,29)21-8-5-13-30-21/h3-13,15H,14H2,1-2H3,(H,23,25). The Labute approximate surface area is 190 Å². The SMILES string of the molecule is CC(NC(=O)CN(c1ccccc1F)S(=O)(=O)c1cccs1)c1ccc(S(C)(=O)=O)cc1. The Morgan fingerprint density at radius 1 is 1.03 bits per heavy atom. The van der Waals surface area contributed by atoms with Crippen LogP contribution in [0.1, 0.15) is 18.5 Å². The number of hydrogen-bond donors (Lipinski definition) is 1. The van der Waals surface area contributed by atoms with E-state index in [1.807, 2.05) is 0 Å². The van der Waals surface area contributed by atoms with Gasteiger partial charge in [0.15, 0.2) is 9.84 Å². The van der Waals surface area contributed by atoms with Gasteiger partial charge in [-0.15, -0.1) is 11.3 Å². The molecule has 3 aromatic rings. The largest absolute Gasteiger partial charge is 0.348 e. The van der Waals surface area contributed by atoms with Crippen molar-refractivity contribution in [1.29, 1.82) is 0 Å². The van der Waals surface area contributed by atoms with E-state index in [9.17, 15) is 26.0 Å². The van der Waals surface area contributed by atoms with Gasteiger partial charge in [-0.3, -0.25) is 9.10 Å². The van der Waals surface area contributed by atoms with Gasteiger partial charge in [0.05, 0.1) is 16.6 Å². The minimum atomic E-state index is -4.17. The molecule has 0 aliphatic rings. The maximum Gasteiger partial charge on any atom is 0.274 e. The summed E-state index contributed by atoms with van der Waals surface area (Å²) in [7, 11) is -7.52. The van der Waals surface area contributed by atoms with Crippen molar-refractivity contribution in [3.05, 3.63) is 77.4 Å². The Kier molecular flexibility index (Phi) is 7.01. The molecule has 1 unspecified atom stereocenters. The Morgan fingerprint density at radius 3 is 2.25 bits per heavy atom. The third kappa shape index (κ3) is 5.34. The number of nitrogens with zero attached hydrogens (tertiary/aromatic N) is 1. The van der Waals surface area contributed by atoms with E-state index in [2.05, 4.69) is 5.32 Å². The average molecular weight is 497 g/mol. The molecule has 170 valence electrons. The highest BCUT2D eigenvalue weighted by atomic mass is 32.2. The molecule has 1 heterocycles. The number of carbonyl (C=O) groups excluding carboxylic acids is 1. The van der Waals surface area contributed by atoms with Crippen LogP contribution >= 0.6 is 11.3 Å². The first-order valence-corrected chi connectivity index (χ1v) is 13.6. The summed E-state index contributed by atoms with van der Waals surface area (Å²) in [5.41, 5.74) is 0.394. The van der Waals surface area contributed by atoms with E-state index >= 15 is 0 Å². The second kappa shape index (κ2) is 9.39. The van der Waals surface area contributed by atoms with E-state index in [0.29, 0.717) is 5.56 Å². The smallest absolute Gasteiger partial charge is 0.274 e. The van der Waals surface area contributed by atoms with E-state index in [1.54, 1.807) is 30.5 Å². The molecular weight excluding hydrogens is 475 g/mol. The third-order valence-electron chi connectivity index (χ3n) is 4.63. The number of sulfone groups is 1. The molecule has 3 rings (SSSR count). The number of carbonyl (C=O) groups is 1. The van der Waals surface area contributed by atoms with Crippen LogP contribution < -0.4 is 9.62 Å². The summed E-state index contributed by atoms with van der Waals surface area (Å²) < 4.78 is 64.6. The molecule has 0 saturated carbocycles. The maximum absolute atomic E-state index is 14.4. The summed E-state index contributed by atoms with van der Waals surface area (Å²) in [4.78, 5) is 12.9. The fourth-order valence-electron chi connectivity index (χ4n) is 2.98. The molecule has 0 bridgehead atoms. The molecule has 32 heavy (non-hydrogen) atoms. The molecule has 7 nitrogen and oxygen atoms in total. The molecule has 1 amide bonds. The summed E-state index contributed by atoms with van der Waals surface area (Å²) in [5, 5.41) is 4.26. The molecule has 1 N–H and O–H groups in total. The van der Waals surface area contributed by atoms with E-state index in [4.69, 9.17) is 0 Å². The monoisotopic (exact) mass is 496 g/mol. The number of amides is 1. The third-order valence-corrected chi connectivity index (χ3v) is 8.89. The summed E-state index contributed by atoms with van der Waals surface area (Å²) in [6.07, 6.45) is 1.10. The minimum absolute atomic E-state index is 0.0158. The van der Waals surface area contributed by atoms with Crippen LogP contribution in [0.5, 0.6) is 0 Å². The van der Waals surface area contributed by atoms with E-state index in [1.165, 1.54) is 36.4 Å². The van der Waals surface area contributed by atoms with Gasteiger partial charge < -0.3 is 5.32 Å². The normalized spacial score (nSPS) is 12.8. The van der Waals surface area contributed by atoms with Crippen LogP contribution in [0.2, 0.25) is 0 Å². The number of thiophene rings is 1. The predicted molar refractivity (Wildman–Crippen MR) is 121 cm³/mol. The van der Waals surface area contributed by atoms with Crippen molar-refractivity contribution < 1.29 is 26.0 Å². The zero-order valence-electron chi connectivity index (χ0n) is 17.2. The first-order chi connectivity index (χ1) is 15.0. The Morgan fingerprint density at radius 2 is 1.69 bits per heavy atom. The van der Waals surface area contributed by atoms with Crippen molar-refractivity contribution in [1.82, 2.24) is 5.32 Å². The highest BCUT2D eigenvalue weighted by Gasteiger charge is 2.30. The van der Waals surface area contributed by atoms with Crippen molar-refractivity contribution in [3.8, 4) is 0 Å². The zero-order chi connectivity index (χ0) is 23.5. The molecular formula is C21H21FN2O5S3. The zero-order valence-corrected chi connectivity index (χ0v) is 19.7.